The zero-order valence-corrected chi connectivity index (χ0v) is 23.4. The lowest BCUT2D eigenvalue weighted by molar-refractivity contribution is -0.132. The molecule has 0 radical (unpaired) electrons. The highest BCUT2D eigenvalue weighted by molar-refractivity contribution is 8.00. The summed E-state index contributed by atoms with van der Waals surface area (Å²) in [5.74, 6) is 0.284. The maximum atomic E-state index is 13.5. The maximum absolute atomic E-state index is 13.5. The summed E-state index contributed by atoms with van der Waals surface area (Å²) < 4.78 is 11.8. The van der Waals surface area contributed by atoms with Crippen molar-refractivity contribution in [3.63, 3.8) is 0 Å². The number of ether oxygens (including phenoxy) is 2. The number of benzene rings is 3. The fourth-order valence-electron chi connectivity index (χ4n) is 4.93. The third-order valence-electron chi connectivity index (χ3n) is 6.85. The molecule has 2 aliphatic rings. The highest BCUT2D eigenvalue weighted by atomic mass is 32.2. The van der Waals surface area contributed by atoms with Crippen LogP contribution in [0.1, 0.15) is 35.2 Å². The van der Waals surface area contributed by atoms with Gasteiger partial charge in [-0.15, -0.1) is 10.2 Å². The minimum Gasteiger partial charge on any atom is -0.507 e. The number of hydrogen-bond donors (Lipinski definition) is 1. The predicted octanol–water partition coefficient (Wildman–Crippen LogP) is 5.79. The van der Waals surface area contributed by atoms with E-state index in [2.05, 4.69) is 10.2 Å². The molecule has 40 heavy (non-hydrogen) atoms. The quantitative estimate of drug-likeness (QED) is 0.0978. The Balaban J connectivity index is 1.40. The van der Waals surface area contributed by atoms with Crippen LogP contribution in [0.4, 0.5) is 5.13 Å². The molecular formula is C30H25N3O5S2. The minimum absolute atomic E-state index is 0.00392. The van der Waals surface area contributed by atoms with Crippen LogP contribution in [0.3, 0.4) is 0 Å². The largest absolute Gasteiger partial charge is 0.507 e. The number of methoxy groups -OCH3 is 1. The molecular weight excluding hydrogens is 546 g/mol. The number of nitrogens with zero attached hydrogens (tertiary/aromatic N) is 3. The molecule has 0 bridgehead atoms. The molecule has 10 heteroatoms. The molecule has 0 saturated carbocycles. The second-order valence-electron chi connectivity index (χ2n) is 9.52. The SMILES string of the molecule is COc1ccc(C2C(=C(O)c3ccc4c(c3)CC(C)O4)C(=O)C(=O)N2c2nnc(SCc3ccccc3)s2)cc1. The Morgan fingerprint density at radius 2 is 1.88 bits per heavy atom. The van der Waals surface area contributed by atoms with E-state index >= 15 is 0 Å². The smallest absolute Gasteiger partial charge is 0.301 e. The van der Waals surface area contributed by atoms with E-state index in [0.717, 1.165) is 16.9 Å². The van der Waals surface area contributed by atoms with Crippen molar-refractivity contribution in [1.29, 1.82) is 0 Å². The van der Waals surface area contributed by atoms with Gasteiger partial charge in [-0.25, -0.2) is 0 Å². The molecule has 0 aliphatic carbocycles. The Bertz CT molecular complexity index is 1620. The number of fused-ring (bicyclic) bond motifs is 1. The summed E-state index contributed by atoms with van der Waals surface area (Å²) in [7, 11) is 1.56. The molecule has 1 aromatic heterocycles. The zero-order chi connectivity index (χ0) is 27.8. The van der Waals surface area contributed by atoms with Crippen LogP contribution in [0, 0.1) is 0 Å². The Hall–Kier alpha value is -4.15. The number of Topliss-reactive ketones (excluding diaryl/α,β-unsaturated/α-hetero) is 1. The van der Waals surface area contributed by atoms with Gasteiger partial charge in [0, 0.05) is 17.7 Å². The van der Waals surface area contributed by atoms with E-state index < -0.39 is 17.7 Å². The van der Waals surface area contributed by atoms with Crippen molar-refractivity contribution in [2.45, 2.75) is 35.6 Å². The number of aliphatic hydroxyl groups is 1. The number of ketones is 1. The normalized spacial score (nSPS) is 19.5. The van der Waals surface area contributed by atoms with Crippen LogP contribution >= 0.6 is 23.1 Å². The molecule has 8 nitrogen and oxygen atoms in total. The van der Waals surface area contributed by atoms with E-state index in [4.69, 9.17) is 9.47 Å². The lowest BCUT2D eigenvalue weighted by Crippen LogP contribution is -2.29. The fourth-order valence-corrected chi connectivity index (χ4v) is 6.76. The third-order valence-corrected chi connectivity index (χ3v) is 8.98. The van der Waals surface area contributed by atoms with Crippen LogP contribution in [0.5, 0.6) is 11.5 Å². The number of aromatic nitrogens is 2. The van der Waals surface area contributed by atoms with Gasteiger partial charge in [-0.3, -0.25) is 14.5 Å². The average molecular weight is 572 g/mol. The highest BCUT2D eigenvalue weighted by Crippen LogP contribution is 2.45. The molecule has 3 heterocycles. The first kappa shape index (κ1) is 26.1. The molecule has 1 amide bonds. The Morgan fingerprint density at radius 3 is 2.62 bits per heavy atom. The molecule has 1 saturated heterocycles. The fraction of sp³-hybridized carbons (Fsp3) is 0.200. The van der Waals surface area contributed by atoms with Gasteiger partial charge in [-0.05, 0) is 53.9 Å². The predicted molar refractivity (Wildman–Crippen MR) is 154 cm³/mol. The zero-order valence-electron chi connectivity index (χ0n) is 21.7. The van der Waals surface area contributed by atoms with Crippen LogP contribution < -0.4 is 14.4 Å². The molecule has 2 unspecified atom stereocenters. The topological polar surface area (TPSA) is 102 Å². The maximum Gasteiger partial charge on any atom is 0.301 e. The van der Waals surface area contributed by atoms with Gasteiger partial charge in [0.05, 0.1) is 18.7 Å². The Labute approximate surface area is 239 Å². The molecule has 2 atom stereocenters. The second-order valence-corrected chi connectivity index (χ2v) is 11.7. The van der Waals surface area contributed by atoms with Crippen molar-refractivity contribution in [2.24, 2.45) is 0 Å². The molecule has 202 valence electrons. The molecule has 6 rings (SSSR count). The van der Waals surface area contributed by atoms with Crippen molar-refractivity contribution in [1.82, 2.24) is 10.2 Å². The summed E-state index contributed by atoms with van der Waals surface area (Å²) in [4.78, 5) is 28.3. The number of aliphatic hydroxyl groups excluding tert-OH is 1. The van der Waals surface area contributed by atoms with Crippen molar-refractivity contribution < 1.29 is 24.2 Å². The van der Waals surface area contributed by atoms with Crippen molar-refractivity contribution >= 4 is 45.7 Å². The number of thioether (sulfide) groups is 1. The first-order chi connectivity index (χ1) is 19.4. The third kappa shape index (κ3) is 4.84. The molecule has 1 N–H and O–H groups in total. The number of rotatable bonds is 7. The Morgan fingerprint density at radius 1 is 1.10 bits per heavy atom. The van der Waals surface area contributed by atoms with E-state index in [1.165, 1.54) is 28.0 Å². The van der Waals surface area contributed by atoms with Gasteiger partial charge in [-0.1, -0.05) is 65.6 Å². The van der Waals surface area contributed by atoms with E-state index in [-0.39, 0.29) is 22.6 Å². The van der Waals surface area contributed by atoms with Gasteiger partial charge < -0.3 is 14.6 Å². The molecule has 1 fully saturated rings. The standard InChI is InChI=1S/C30H25N3O5S2/c1-17-14-21-15-20(10-13-23(21)38-17)26(34)24-25(19-8-11-22(37-2)12-9-19)33(28(36)27(24)35)29-31-32-30(40-29)39-16-18-6-4-3-5-7-18/h3-13,15,17,25,34H,14,16H2,1-2H3. The van der Waals surface area contributed by atoms with E-state index in [9.17, 15) is 14.7 Å². The van der Waals surface area contributed by atoms with E-state index in [1.54, 1.807) is 43.5 Å². The number of carbonyl (C=O) groups excluding carboxylic acids is 2. The Kier molecular flexibility index (Phi) is 7.03. The molecule has 2 aliphatic heterocycles. The number of hydrogen-bond acceptors (Lipinski definition) is 9. The number of amides is 1. The summed E-state index contributed by atoms with van der Waals surface area (Å²) in [6, 6.07) is 21.5. The van der Waals surface area contributed by atoms with Gasteiger partial charge in [0.25, 0.3) is 5.78 Å². The van der Waals surface area contributed by atoms with Gasteiger partial charge in [0.2, 0.25) is 5.13 Å². The summed E-state index contributed by atoms with van der Waals surface area (Å²) in [5.41, 5.74) is 3.15. The van der Waals surface area contributed by atoms with Crippen molar-refractivity contribution in [3.05, 3.63) is 101 Å². The van der Waals surface area contributed by atoms with E-state index in [0.29, 0.717) is 33.4 Å². The van der Waals surface area contributed by atoms with Crippen LogP contribution in [0.15, 0.2) is 82.7 Å². The highest BCUT2D eigenvalue weighted by Gasteiger charge is 2.48. The molecule has 4 aromatic rings. The van der Waals surface area contributed by atoms with Crippen molar-refractivity contribution in [3.8, 4) is 11.5 Å². The van der Waals surface area contributed by atoms with E-state index in [1.807, 2.05) is 43.3 Å². The monoisotopic (exact) mass is 571 g/mol. The lowest BCUT2D eigenvalue weighted by Gasteiger charge is -2.22. The molecule has 0 spiro atoms. The summed E-state index contributed by atoms with van der Waals surface area (Å²) in [6.07, 6.45) is 0.726. The second kappa shape index (κ2) is 10.8. The van der Waals surface area contributed by atoms with Gasteiger partial charge in [0.15, 0.2) is 4.34 Å². The average Bonchev–Trinajstić information content (AvgIpc) is 3.67. The van der Waals surface area contributed by atoms with Crippen LogP contribution in [-0.2, 0) is 21.8 Å². The first-order valence-electron chi connectivity index (χ1n) is 12.7. The van der Waals surface area contributed by atoms with Crippen LogP contribution in [-0.4, -0.2) is 40.2 Å². The van der Waals surface area contributed by atoms with Crippen molar-refractivity contribution in [2.75, 3.05) is 12.0 Å². The lowest BCUT2D eigenvalue weighted by atomic mass is 9.94. The first-order valence-corrected chi connectivity index (χ1v) is 14.5. The van der Waals surface area contributed by atoms with Gasteiger partial charge >= 0.3 is 5.91 Å². The van der Waals surface area contributed by atoms with Crippen LogP contribution in [0.25, 0.3) is 5.76 Å². The summed E-state index contributed by atoms with van der Waals surface area (Å²) >= 11 is 2.74. The minimum atomic E-state index is -0.894. The number of anilines is 1. The summed E-state index contributed by atoms with van der Waals surface area (Å²) in [5, 5.41) is 20.3. The number of carbonyl (C=O) groups is 2. The van der Waals surface area contributed by atoms with Gasteiger partial charge in [0.1, 0.15) is 23.4 Å². The summed E-state index contributed by atoms with van der Waals surface area (Å²) in [6.45, 7) is 1.98. The van der Waals surface area contributed by atoms with Crippen LogP contribution in [0.2, 0.25) is 0 Å². The van der Waals surface area contributed by atoms with Gasteiger partial charge in [-0.2, -0.15) is 0 Å². The molecule has 3 aromatic carbocycles.